The molecular weight excluding hydrogens is 222 g/mol. The van der Waals surface area contributed by atoms with Crippen LogP contribution in [0.5, 0.6) is 17.2 Å². The standard InChI is InChI=1S/C12H19NO4/c1-12(13,7-14)11-9(16-3)5-8(15-2)6-10(11)17-4/h5-6,14H,7,13H2,1-4H3. The summed E-state index contributed by atoms with van der Waals surface area (Å²) in [6.45, 7) is 1.49. The van der Waals surface area contributed by atoms with Gasteiger partial charge in [-0.15, -0.1) is 0 Å². The first-order valence-corrected chi connectivity index (χ1v) is 5.20. The maximum absolute atomic E-state index is 9.35. The largest absolute Gasteiger partial charge is 0.496 e. The number of aliphatic hydroxyl groups excluding tert-OH is 1. The SMILES string of the molecule is COc1cc(OC)c(C(C)(N)CO)c(OC)c1. The molecule has 17 heavy (non-hydrogen) atoms. The van der Waals surface area contributed by atoms with E-state index in [9.17, 15) is 5.11 Å². The van der Waals surface area contributed by atoms with Gasteiger partial charge in [-0.25, -0.2) is 0 Å². The van der Waals surface area contributed by atoms with E-state index in [0.29, 0.717) is 22.8 Å². The molecule has 0 saturated carbocycles. The van der Waals surface area contributed by atoms with E-state index in [1.54, 1.807) is 26.2 Å². The Morgan fingerprint density at radius 3 is 1.88 bits per heavy atom. The lowest BCUT2D eigenvalue weighted by Gasteiger charge is -2.27. The molecule has 0 amide bonds. The van der Waals surface area contributed by atoms with Gasteiger partial charge in [0, 0.05) is 12.1 Å². The topological polar surface area (TPSA) is 73.9 Å². The molecule has 96 valence electrons. The Morgan fingerprint density at radius 2 is 1.59 bits per heavy atom. The highest BCUT2D eigenvalue weighted by molar-refractivity contribution is 5.54. The molecule has 0 aliphatic heterocycles. The molecule has 0 radical (unpaired) electrons. The summed E-state index contributed by atoms with van der Waals surface area (Å²) in [6, 6.07) is 3.41. The molecule has 0 aliphatic carbocycles. The smallest absolute Gasteiger partial charge is 0.131 e. The summed E-state index contributed by atoms with van der Waals surface area (Å²) in [4.78, 5) is 0. The first-order valence-electron chi connectivity index (χ1n) is 5.20. The Labute approximate surface area is 101 Å². The van der Waals surface area contributed by atoms with Crippen molar-refractivity contribution in [3.05, 3.63) is 17.7 Å². The summed E-state index contributed by atoms with van der Waals surface area (Å²) in [7, 11) is 4.62. The van der Waals surface area contributed by atoms with Crippen LogP contribution in [0.1, 0.15) is 12.5 Å². The number of nitrogens with two attached hydrogens (primary N) is 1. The monoisotopic (exact) mass is 241 g/mol. The summed E-state index contributed by atoms with van der Waals surface area (Å²) in [5.74, 6) is 1.66. The van der Waals surface area contributed by atoms with Gasteiger partial charge in [-0.1, -0.05) is 0 Å². The third-order valence-electron chi connectivity index (χ3n) is 2.61. The number of hydrogen-bond acceptors (Lipinski definition) is 5. The van der Waals surface area contributed by atoms with Crippen LogP contribution >= 0.6 is 0 Å². The van der Waals surface area contributed by atoms with Crippen molar-refractivity contribution in [1.29, 1.82) is 0 Å². The molecule has 0 bridgehead atoms. The van der Waals surface area contributed by atoms with Gasteiger partial charge in [0.05, 0.1) is 39.0 Å². The average Bonchev–Trinajstić information content (AvgIpc) is 2.36. The molecule has 0 fully saturated rings. The summed E-state index contributed by atoms with van der Waals surface area (Å²) < 4.78 is 15.7. The number of hydrogen-bond donors (Lipinski definition) is 2. The quantitative estimate of drug-likeness (QED) is 0.800. The Balaban J connectivity index is 3.45. The minimum Gasteiger partial charge on any atom is -0.496 e. The molecule has 0 spiro atoms. The van der Waals surface area contributed by atoms with Crippen molar-refractivity contribution in [3.63, 3.8) is 0 Å². The lowest BCUT2D eigenvalue weighted by atomic mass is 9.92. The molecule has 0 aromatic heterocycles. The van der Waals surface area contributed by atoms with Gasteiger partial charge < -0.3 is 25.1 Å². The van der Waals surface area contributed by atoms with Crippen molar-refractivity contribution in [2.45, 2.75) is 12.5 Å². The Hall–Kier alpha value is -1.46. The van der Waals surface area contributed by atoms with Crippen LogP contribution in [0.2, 0.25) is 0 Å². The molecule has 0 heterocycles. The number of rotatable bonds is 5. The first kappa shape index (κ1) is 13.6. The van der Waals surface area contributed by atoms with E-state index in [1.807, 2.05) is 0 Å². The molecule has 1 aromatic rings. The Bertz CT molecular complexity index is 365. The molecule has 1 aromatic carbocycles. The van der Waals surface area contributed by atoms with Gasteiger partial charge in [-0.05, 0) is 6.92 Å². The maximum atomic E-state index is 9.35. The average molecular weight is 241 g/mol. The van der Waals surface area contributed by atoms with Crippen LogP contribution in [-0.4, -0.2) is 33.0 Å². The number of benzene rings is 1. The Kier molecular flexibility index (Phi) is 4.20. The van der Waals surface area contributed by atoms with Crippen molar-refractivity contribution in [3.8, 4) is 17.2 Å². The summed E-state index contributed by atoms with van der Waals surface area (Å²) in [5, 5.41) is 9.35. The zero-order chi connectivity index (χ0) is 13.1. The third kappa shape index (κ3) is 2.62. The fourth-order valence-electron chi connectivity index (χ4n) is 1.65. The van der Waals surface area contributed by atoms with Gasteiger partial charge >= 0.3 is 0 Å². The highest BCUT2D eigenvalue weighted by Crippen LogP contribution is 2.39. The van der Waals surface area contributed by atoms with E-state index >= 15 is 0 Å². The first-order chi connectivity index (χ1) is 8.00. The minimum absolute atomic E-state index is 0.216. The van der Waals surface area contributed by atoms with Gasteiger partial charge in [-0.3, -0.25) is 0 Å². The van der Waals surface area contributed by atoms with Gasteiger partial charge in [0.25, 0.3) is 0 Å². The van der Waals surface area contributed by atoms with Gasteiger partial charge in [0.1, 0.15) is 17.2 Å². The number of methoxy groups -OCH3 is 3. The molecule has 0 saturated heterocycles. The molecule has 5 heteroatoms. The van der Waals surface area contributed by atoms with Crippen molar-refractivity contribution in [2.75, 3.05) is 27.9 Å². The molecule has 3 N–H and O–H groups in total. The van der Waals surface area contributed by atoms with Crippen molar-refractivity contribution < 1.29 is 19.3 Å². The second-order valence-corrected chi connectivity index (χ2v) is 3.98. The highest BCUT2D eigenvalue weighted by Gasteiger charge is 2.29. The molecule has 1 atom stereocenters. The van der Waals surface area contributed by atoms with Crippen molar-refractivity contribution >= 4 is 0 Å². The van der Waals surface area contributed by atoms with E-state index in [0.717, 1.165) is 0 Å². The van der Waals surface area contributed by atoms with E-state index in [2.05, 4.69) is 0 Å². The number of ether oxygens (including phenoxy) is 3. The normalized spacial score (nSPS) is 14.0. The van der Waals surface area contributed by atoms with E-state index in [-0.39, 0.29) is 6.61 Å². The van der Waals surface area contributed by atoms with E-state index < -0.39 is 5.54 Å². The minimum atomic E-state index is -0.942. The predicted octanol–water partition coefficient (Wildman–Crippen LogP) is 0.879. The van der Waals surface area contributed by atoms with Gasteiger partial charge in [0.15, 0.2) is 0 Å². The predicted molar refractivity (Wildman–Crippen MR) is 64.7 cm³/mol. The second-order valence-electron chi connectivity index (χ2n) is 3.98. The van der Waals surface area contributed by atoms with Crippen LogP contribution < -0.4 is 19.9 Å². The highest BCUT2D eigenvalue weighted by atomic mass is 16.5. The van der Waals surface area contributed by atoms with Crippen LogP contribution in [-0.2, 0) is 5.54 Å². The second kappa shape index (κ2) is 5.25. The van der Waals surface area contributed by atoms with Crippen LogP contribution in [0.3, 0.4) is 0 Å². The third-order valence-corrected chi connectivity index (χ3v) is 2.61. The van der Waals surface area contributed by atoms with E-state index in [1.165, 1.54) is 14.2 Å². The van der Waals surface area contributed by atoms with Crippen molar-refractivity contribution in [2.24, 2.45) is 5.73 Å². The molecular formula is C12H19NO4. The zero-order valence-corrected chi connectivity index (χ0v) is 10.6. The summed E-state index contributed by atoms with van der Waals surface area (Å²) >= 11 is 0. The van der Waals surface area contributed by atoms with Crippen LogP contribution in [0.15, 0.2) is 12.1 Å². The van der Waals surface area contributed by atoms with Gasteiger partial charge in [0.2, 0.25) is 0 Å². The lowest BCUT2D eigenvalue weighted by molar-refractivity contribution is 0.202. The zero-order valence-electron chi connectivity index (χ0n) is 10.6. The van der Waals surface area contributed by atoms with Gasteiger partial charge in [-0.2, -0.15) is 0 Å². The fourth-order valence-corrected chi connectivity index (χ4v) is 1.65. The molecule has 5 nitrogen and oxygen atoms in total. The molecule has 1 rings (SSSR count). The summed E-state index contributed by atoms with van der Waals surface area (Å²) in [5.41, 5.74) is 5.71. The number of aliphatic hydroxyl groups is 1. The Morgan fingerprint density at radius 1 is 1.12 bits per heavy atom. The summed E-state index contributed by atoms with van der Waals surface area (Å²) in [6.07, 6.45) is 0. The van der Waals surface area contributed by atoms with Crippen LogP contribution in [0, 0.1) is 0 Å². The van der Waals surface area contributed by atoms with Crippen LogP contribution in [0.25, 0.3) is 0 Å². The lowest BCUT2D eigenvalue weighted by Crippen LogP contribution is -2.37. The maximum Gasteiger partial charge on any atom is 0.131 e. The molecule has 1 unspecified atom stereocenters. The fraction of sp³-hybridized carbons (Fsp3) is 0.500. The van der Waals surface area contributed by atoms with E-state index in [4.69, 9.17) is 19.9 Å². The van der Waals surface area contributed by atoms with Crippen LogP contribution in [0.4, 0.5) is 0 Å². The molecule has 0 aliphatic rings. The van der Waals surface area contributed by atoms with Crippen molar-refractivity contribution in [1.82, 2.24) is 0 Å².